The zero-order valence-electron chi connectivity index (χ0n) is 21.0. The van der Waals surface area contributed by atoms with E-state index in [1.54, 1.807) is 24.4 Å². The zero-order valence-corrected chi connectivity index (χ0v) is 21.8. The number of aromatic nitrogens is 2. The molecule has 0 radical (unpaired) electrons. The maximum atomic E-state index is 14.9. The van der Waals surface area contributed by atoms with Gasteiger partial charge in [-0.3, -0.25) is 19.6 Å². The topological polar surface area (TPSA) is 72.4 Å². The summed E-state index contributed by atoms with van der Waals surface area (Å²) in [4.78, 5) is 35.9. The van der Waals surface area contributed by atoms with E-state index in [4.69, 9.17) is 4.74 Å². The number of nitrogens with zero attached hydrogens (tertiary/aromatic N) is 3. The molecule has 6 rings (SSSR count). The molecule has 8 heteroatoms. The number of fused-ring (bicyclic) bond motifs is 1. The number of Topliss-reactive ketones (excluding diaryl/α,β-unsaturated/α-hetero) is 1. The predicted molar refractivity (Wildman–Crippen MR) is 145 cm³/mol. The summed E-state index contributed by atoms with van der Waals surface area (Å²) in [6, 6.07) is 12.5. The monoisotopic (exact) mass is 529 g/mol. The van der Waals surface area contributed by atoms with Crippen molar-refractivity contribution in [2.24, 2.45) is 5.92 Å². The fourth-order valence-corrected chi connectivity index (χ4v) is 5.89. The van der Waals surface area contributed by atoms with Crippen LogP contribution in [0.3, 0.4) is 0 Å². The number of rotatable bonds is 10. The van der Waals surface area contributed by atoms with E-state index in [0.29, 0.717) is 30.1 Å². The summed E-state index contributed by atoms with van der Waals surface area (Å²) in [5.41, 5.74) is 3.33. The molecule has 38 heavy (non-hydrogen) atoms. The van der Waals surface area contributed by atoms with E-state index in [1.165, 1.54) is 17.4 Å². The second kappa shape index (κ2) is 10.6. The van der Waals surface area contributed by atoms with E-state index in [1.807, 2.05) is 29.3 Å². The molecule has 4 heterocycles. The summed E-state index contributed by atoms with van der Waals surface area (Å²) in [5.74, 6) is 1.07. The molecule has 0 N–H and O–H groups in total. The number of hydrogen-bond donors (Lipinski definition) is 0. The maximum Gasteiger partial charge on any atom is 0.222 e. The molecule has 1 aromatic carbocycles. The summed E-state index contributed by atoms with van der Waals surface area (Å²) in [7, 11) is 0. The number of thiophene rings is 1. The van der Waals surface area contributed by atoms with Crippen LogP contribution >= 0.6 is 11.3 Å². The minimum Gasteiger partial charge on any atom is -0.453 e. The first kappa shape index (κ1) is 24.7. The third-order valence-electron chi connectivity index (χ3n) is 7.13. The molecule has 3 aromatic heterocycles. The number of likely N-dealkylation sites (tertiary alicyclic amines) is 1. The summed E-state index contributed by atoms with van der Waals surface area (Å²) < 4.78 is 21.7. The smallest absolute Gasteiger partial charge is 0.222 e. The number of carbonyl (C=O) groups is 2. The van der Waals surface area contributed by atoms with Gasteiger partial charge in [0.25, 0.3) is 0 Å². The van der Waals surface area contributed by atoms with Gasteiger partial charge in [0.15, 0.2) is 11.6 Å². The Morgan fingerprint density at radius 3 is 2.68 bits per heavy atom. The van der Waals surface area contributed by atoms with Crippen molar-refractivity contribution in [3.8, 4) is 22.1 Å². The molecule has 1 amide bonds. The third kappa shape index (κ3) is 5.60. The van der Waals surface area contributed by atoms with Gasteiger partial charge in [0.2, 0.25) is 5.91 Å². The lowest BCUT2D eigenvalue weighted by molar-refractivity contribution is -0.127. The van der Waals surface area contributed by atoms with E-state index >= 15 is 0 Å². The first-order valence-corrected chi connectivity index (χ1v) is 13.9. The van der Waals surface area contributed by atoms with Crippen molar-refractivity contribution in [2.45, 2.75) is 44.9 Å². The van der Waals surface area contributed by atoms with Gasteiger partial charge in [0.05, 0.1) is 20.8 Å². The highest BCUT2D eigenvalue weighted by Gasteiger charge is 2.24. The molecule has 1 aliphatic carbocycles. The zero-order chi connectivity index (χ0) is 26.1. The van der Waals surface area contributed by atoms with Gasteiger partial charge < -0.3 is 9.64 Å². The Morgan fingerprint density at radius 2 is 1.95 bits per heavy atom. The molecule has 194 valence electrons. The quantitative estimate of drug-likeness (QED) is 0.239. The van der Waals surface area contributed by atoms with Crippen LogP contribution in [0, 0.1) is 11.7 Å². The van der Waals surface area contributed by atoms with E-state index in [-0.39, 0.29) is 23.9 Å². The normalized spacial score (nSPS) is 15.4. The SMILES string of the molecule is O=C(Cc1ccc(Oc2ccnc3cc(-c4ccc(CCN5CCCC5=O)cn4)sc23)c(F)c1)CC1CC1. The summed E-state index contributed by atoms with van der Waals surface area (Å²) >= 11 is 1.50. The lowest BCUT2D eigenvalue weighted by Crippen LogP contribution is -2.26. The Morgan fingerprint density at radius 1 is 1.08 bits per heavy atom. The average Bonchev–Trinajstić information content (AvgIpc) is 3.44. The van der Waals surface area contributed by atoms with Gasteiger partial charge in [-0.15, -0.1) is 11.3 Å². The van der Waals surface area contributed by atoms with Crippen molar-refractivity contribution >= 4 is 33.2 Å². The second-order valence-electron chi connectivity index (χ2n) is 10.1. The third-order valence-corrected chi connectivity index (χ3v) is 8.29. The fourth-order valence-electron chi connectivity index (χ4n) is 4.84. The number of halogens is 1. The molecule has 0 spiro atoms. The molecule has 1 saturated heterocycles. The van der Waals surface area contributed by atoms with Crippen molar-refractivity contribution in [3.05, 3.63) is 71.8 Å². The molecule has 6 nitrogen and oxygen atoms in total. The molecule has 1 saturated carbocycles. The van der Waals surface area contributed by atoms with Crippen LogP contribution in [0.1, 0.15) is 43.2 Å². The Labute approximate surface area is 224 Å². The van der Waals surface area contributed by atoms with Crippen molar-refractivity contribution < 1.29 is 18.7 Å². The van der Waals surface area contributed by atoms with Crippen LogP contribution in [0.2, 0.25) is 0 Å². The average molecular weight is 530 g/mol. The standard InChI is InChI=1S/C30H28FN3O3S/c31-23-16-21(15-22(35)14-19-3-4-19)6-8-26(23)37-27-9-11-32-25-17-28(38-30(25)27)24-7-5-20(18-33-24)10-13-34-12-1-2-29(34)36/h5-9,11,16-19H,1-4,10,12-15H2. The summed E-state index contributed by atoms with van der Waals surface area (Å²) in [6.45, 7) is 1.57. The molecule has 1 aliphatic heterocycles. The van der Waals surface area contributed by atoms with Crippen LogP contribution in [-0.2, 0) is 22.4 Å². The molecule has 0 atom stereocenters. The number of ether oxygens (including phenoxy) is 1. The van der Waals surface area contributed by atoms with Gasteiger partial charge in [-0.05, 0) is 67.0 Å². The Balaban J connectivity index is 1.15. The number of amides is 1. The summed E-state index contributed by atoms with van der Waals surface area (Å²) in [5, 5.41) is 0. The number of hydrogen-bond acceptors (Lipinski definition) is 6. The van der Waals surface area contributed by atoms with Crippen LogP contribution in [0.5, 0.6) is 11.5 Å². The minimum atomic E-state index is -0.489. The molecular formula is C30H28FN3O3S. The van der Waals surface area contributed by atoms with Gasteiger partial charge in [-0.2, -0.15) is 0 Å². The van der Waals surface area contributed by atoms with E-state index in [0.717, 1.165) is 65.1 Å². The van der Waals surface area contributed by atoms with Gasteiger partial charge in [-0.25, -0.2) is 4.39 Å². The highest BCUT2D eigenvalue weighted by atomic mass is 32.1. The van der Waals surface area contributed by atoms with Crippen molar-refractivity contribution in [1.29, 1.82) is 0 Å². The van der Waals surface area contributed by atoms with Crippen LogP contribution in [0.4, 0.5) is 4.39 Å². The summed E-state index contributed by atoms with van der Waals surface area (Å²) in [6.07, 6.45) is 8.98. The van der Waals surface area contributed by atoms with Crippen LogP contribution in [0.15, 0.2) is 54.9 Å². The second-order valence-corrected chi connectivity index (χ2v) is 11.2. The number of ketones is 1. The van der Waals surface area contributed by atoms with Crippen molar-refractivity contribution in [1.82, 2.24) is 14.9 Å². The molecule has 4 aromatic rings. The number of carbonyl (C=O) groups excluding carboxylic acids is 2. The predicted octanol–water partition coefficient (Wildman–Crippen LogP) is 6.37. The first-order valence-electron chi connectivity index (χ1n) is 13.1. The Hall–Kier alpha value is -3.65. The molecule has 2 aliphatic rings. The highest BCUT2D eigenvalue weighted by molar-refractivity contribution is 7.22. The van der Waals surface area contributed by atoms with E-state index in [2.05, 4.69) is 9.97 Å². The highest BCUT2D eigenvalue weighted by Crippen LogP contribution is 2.39. The van der Waals surface area contributed by atoms with Crippen LogP contribution < -0.4 is 4.74 Å². The molecule has 0 bridgehead atoms. The first-order chi connectivity index (χ1) is 18.5. The van der Waals surface area contributed by atoms with Crippen molar-refractivity contribution in [2.75, 3.05) is 13.1 Å². The number of benzene rings is 1. The van der Waals surface area contributed by atoms with Gasteiger partial charge in [0, 0.05) is 50.8 Å². The number of pyridine rings is 2. The fraction of sp³-hybridized carbons (Fsp3) is 0.333. The largest absolute Gasteiger partial charge is 0.453 e. The molecular weight excluding hydrogens is 501 g/mol. The van der Waals surface area contributed by atoms with Gasteiger partial charge in [0.1, 0.15) is 11.5 Å². The molecule has 0 unspecified atom stereocenters. The van der Waals surface area contributed by atoms with E-state index < -0.39 is 5.82 Å². The van der Waals surface area contributed by atoms with Crippen LogP contribution in [-0.4, -0.2) is 39.6 Å². The minimum absolute atomic E-state index is 0.116. The maximum absolute atomic E-state index is 14.9. The molecule has 2 fully saturated rings. The van der Waals surface area contributed by atoms with E-state index in [9.17, 15) is 14.0 Å². The Kier molecular flexibility index (Phi) is 6.89. The van der Waals surface area contributed by atoms with Gasteiger partial charge in [-0.1, -0.05) is 12.1 Å². The van der Waals surface area contributed by atoms with Crippen LogP contribution in [0.25, 0.3) is 20.8 Å². The lowest BCUT2D eigenvalue weighted by atomic mass is 10.0. The lowest BCUT2D eigenvalue weighted by Gasteiger charge is -2.14. The van der Waals surface area contributed by atoms with Crippen molar-refractivity contribution in [3.63, 3.8) is 0 Å². The van der Waals surface area contributed by atoms with Gasteiger partial charge >= 0.3 is 0 Å². The Bertz CT molecular complexity index is 1500.